The molecule has 92 valence electrons. The Morgan fingerprint density at radius 2 is 2.11 bits per heavy atom. The number of carbonyl (C=O) groups excluding carboxylic acids is 1. The number of amides is 1. The van der Waals surface area contributed by atoms with E-state index in [1.54, 1.807) is 17.5 Å². The fourth-order valence-corrected chi connectivity index (χ4v) is 2.61. The summed E-state index contributed by atoms with van der Waals surface area (Å²) in [6.45, 7) is 0. The minimum atomic E-state index is -0.566. The number of hydrogen-bond donors (Lipinski definition) is 1. The lowest BCUT2D eigenvalue weighted by molar-refractivity contribution is -0.384. The van der Waals surface area contributed by atoms with Gasteiger partial charge in [-0.05, 0) is 23.1 Å². The number of rotatable bonds is 3. The number of nitro groups is 1. The number of nitro benzene ring substituents is 1. The van der Waals surface area contributed by atoms with Gasteiger partial charge in [0.15, 0.2) is 0 Å². The Morgan fingerprint density at radius 1 is 1.39 bits per heavy atom. The lowest BCUT2D eigenvalue weighted by Crippen LogP contribution is -2.10. The van der Waals surface area contributed by atoms with Crippen LogP contribution in [0.15, 0.2) is 29.6 Å². The van der Waals surface area contributed by atoms with Gasteiger partial charge in [0.1, 0.15) is 5.02 Å². The molecular formula is C11H7ClN2O3S. The Balaban J connectivity index is 2.58. The summed E-state index contributed by atoms with van der Waals surface area (Å²) in [5, 5.41) is 12.6. The van der Waals surface area contributed by atoms with E-state index >= 15 is 0 Å². The highest BCUT2D eigenvalue weighted by Crippen LogP contribution is 2.34. The Labute approximate surface area is 111 Å². The van der Waals surface area contributed by atoms with Gasteiger partial charge in [0.05, 0.1) is 10.5 Å². The first-order chi connectivity index (χ1) is 8.50. The normalized spacial score (nSPS) is 10.3. The van der Waals surface area contributed by atoms with E-state index in [-0.39, 0.29) is 10.7 Å². The molecule has 1 aromatic carbocycles. The molecular weight excluding hydrogens is 276 g/mol. The van der Waals surface area contributed by atoms with Crippen molar-refractivity contribution in [2.45, 2.75) is 0 Å². The first-order valence-corrected chi connectivity index (χ1v) is 6.08. The van der Waals surface area contributed by atoms with Gasteiger partial charge in [-0.2, -0.15) is 0 Å². The summed E-state index contributed by atoms with van der Waals surface area (Å²) in [5.74, 6) is -0.566. The van der Waals surface area contributed by atoms with Crippen molar-refractivity contribution in [1.29, 1.82) is 0 Å². The highest BCUT2D eigenvalue weighted by atomic mass is 35.5. The van der Waals surface area contributed by atoms with E-state index < -0.39 is 10.8 Å². The monoisotopic (exact) mass is 282 g/mol. The summed E-state index contributed by atoms with van der Waals surface area (Å²) in [4.78, 5) is 22.0. The summed E-state index contributed by atoms with van der Waals surface area (Å²) in [6.07, 6.45) is 0. The van der Waals surface area contributed by atoms with E-state index in [4.69, 9.17) is 17.3 Å². The Morgan fingerprint density at radius 3 is 2.72 bits per heavy atom. The van der Waals surface area contributed by atoms with Crippen LogP contribution in [0, 0.1) is 10.1 Å². The zero-order chi connectivity index (χ0) is 13.3. The van der Waals surface area contributed by atoms with Crippen LogP contribution in [0.3, 0.4) is 0 Å². The Bertz CT molecular complexity index is 639. The molecule has 0 radical (unpaired) electrons. The Hall–Kier alpha value is -1.92. The molecule has 0 aliphatic heterocycles. The van der Waals surface area contributed by atoms with Crippen molar-refractivity contribution in [2.75, 3.05) is 0 Å². The summed E-state index contributed by atoms with van der Waals surface area (Å²) in [5.41, 5.74) is 5.93. The Kier molecular flexibility index (Phi) is 3.31. The molecule has 1 aromatic heterocycles. The van der Waals surface area contributed by atoms with Crippen molar-refractivity contribution in [3.8, 4) is 10.4 Å². The molecule has 0 aliphatic carbocycles. The lowest BCUT2D eigenvalue weighted by Gasteiger charge is -2.02. The van der Waals surface area contributed by atoms with Gasteiger partial charge in [0, 0.05) is 10.9 Å². The summed E-state index contributed by atoms with van der Waals surface area (Å²) in [6, 6.07) is 5.97. The number of primary amides is 1. The van der Waals surface area contributed by atoms with Crippen molar-refractivity contribution in [2.24, 2.45) is 5.73 Å². The van der Waals surface area contributed by atoms with E-state index in [1.807, 2.05) is 0 Å². The number of nitrogens with zero attached hydrogens (tertiary/aromatic N) is 1. The standard InChI is InChI=1S/C11H7ClN2O3S/c12-8-2-1-6(5-9(8)14(16)17)10-7(11(13)15)3-4-18-10/h1-5H,(H2,13,15). The zero-order valence-corrected chi connectivity index (χ0v) is 10.5. The fourth-order valence-electron chi connectivity index (χ4n) is 1.52. The topological polar surface area (TPSA) is 86.2 Å². The van der Waals surface area contributed by atoms with Crippen molar-refractivity contribution in [1.82, 2.24) is 0 Å². The van der Waals surface area contributed by atoms with Crippen LogP contribution < -0.4 is 5.73 Å². The second-order valence-electron chi connectivity index (χ2n) is 3.45. The van der Waals surface area contributed by atoms with E-state index in [2.05, 4.69) is 0 Å². The highest BCUT2D eigenvalue weighted by Gasteiger charge is 2.17. The first kappa shape index (κ1) is 12.5. The molecule has 7 heteroatoms. The number of halogens is 1. The maximum Gasteiger partial charge on any atom is 0.288 e. The molecule has 0 unspecified atom stereocenters. The predicted molar refractivity (Wildman–Crippen MR) is 69.9 cm³/mol. The molecule has 5 nitrogen and oxygen atoms in total. The number of thiophene rings is 1. The molecule has 0 saturated heterocycles. The fraction of sp³-hybridized carbons (Fsp3) is 0. The van der Waals surface area contributed by atoms with Crippen LogP contribution in [0.2, 0.25) is 5.02 Å². The summed E-state index contributed by atoms with van der Waals surface area (Å²) in [7, 11) is 0. The number of hydrogen-bond acceptors (Lipinski definition) is 4. The van der Waals surface area contributed by atoms with Crippen LogP contribution in [-0.2, 0) is 0 Å². The predicted octanol–water partition coefficient (Wildman–Crippen LogP) is 3.08. The third kappa shape index (κ3) is 2.20. The third-order valence-electron chi connectivity index (χ3n) is 2.34. The van der Waals surface area contributed by atoms with Crippen molar-refractivity contribution >= 4 is 34.5 Å². The number of nitrogens with two attached hydrogens (primary N) is 1. The zero-order valence-electron chi connectivity index (χ0n) is 8.92. The molecule has 0 aliphatic rings. The highest BCUT2D eigenvalue weighted by molar-refractivity contribution is 7.14. The van der Waals surface area contributed by atoms with Crippen molar-refractivity contribution < 1.29 is 9.72 Å². The quantitative estimate of drug-likeness (QED) is 0.693. The molecule has 0 atom stereocenters. The van der Waals surface area contributed by atoms with Gasteiger partial charge in [-0.3, -0.25) is 14.9 Å². The first-order valence-electron chi connectivity index (χ1n) is 4.82. The molecule has 2 N–H and O–H groups in total. The van der Waals surface area contributed by atoms with E-state index in [9.17, 15) is 14.9 Å². The molecule has 1 heterocycles. The third-order valence-corrected chi connectivity index (χ3v) is 3.62. The van der Waals surface area contributed by atoms with Gasteiger partial charge in [0.25, 0.3) is 5.69 Å². The average Bonchev–Trinajstić information content (AvgIpc) is 2.78. The van der Waals surface area contributed by atoms with E-state index in [1.165, 1.54) is 23.5 Å². The van der Waals surface area contributed by atoms with Crippen LogP contribution in [0.4, 0.5) is 5.69 Å². The molecule has 18 heavy (non-hydrogen) atoms. The van der Waals surface area contributed by atoms with Gasteiger partial charge in [-0.1, -0.05) is 17.7 Å². The molecule has 1 amide bonds. The second-order valence-corrected chi connectivity index (χ2v) is 4.77. The van der Waals surface area contributed by atoms with Crippen molar-refractivity contribution in [3.05, 3.63) is 50.3 Å². The lowest BCUT2D eigenvalue weighted by atomic mass is 10.1. The minimum absolute atomic E-state index is 0.0564. The van der Waals surface area contributed by atoms with Gasteiger partial charge in [0.2, 0.25) is 5.91 Å². The smallest absolute Gasteiger partial charge is 0.288 e. The number of carbonyl (C=O) groups is 1. The van der Waals surface area contributed by atoms with E-state index in [0.29, 0.717) is 16.0 Å². The van der Waals surface area contributed by atoms with Gasteiger partial charge in [-0.25, -0.2) is 0 Å². The van der Waals surface area contributed by atoms with E-state index in [0.717, 1.165) is 0 Å². The molecule has 0 spiro atoms. The minimum Gasteiger partial charge on any atom is -0.366 e. The second kappa shape index (κ2) is 4.75. The van der Waals surface area contributed by atoms with Gasteiger partial charge < -0.3 is 5.73 Å². The van der Waals surface area contributed by atoms with Gasteiger partial charge >= 0.3 is 0 Å². The maximum atomic E-state index is 11.2. The molecule has 2 rings (SSSR count). The van der Waals surface area contributed by atoms with Crippen LogP contribution >= 0.6 is 22.9 Å². The summed E-state index contributed by atoms with van der Waals surface area (Å²) < 4.78 is 0. The van der Waals surface area contributed by atoms with Gasteiger partial charge in [-0.15, -0.1) is 11.3 Å². The molecule has 0 bridgehead atoms. The van der Waals surface area contributed by atoms with Crippen LogP contribution in [-0.4, -0.2) is 10.8 Å². The number of benzene rings is 1. The van der Waals surface area contributed by atoms with Crippen LogP contribution in [0.25, 0.3) is 10.4 Å². The molecule has 0 saturated carbocycles. The SMILES string of the molecule is NC(=O)c1ccsc1-c1ccc(Cl)c([N+](=O)[O-])c1. The largest absolute Gasteiger partial charge is 0.366 e. The molecule has 2 aromatic rings. The summed E-state index contributed by atoms with van der Waals surface area (Å²) >= 11 is 7.02. The van der Waals surface area contributed by atoms with Crippen LogP contribution in [0.1, 0.15) is 10.4 Å². The molecule has 0 fully saturated rings. The van der Waals surface area contributed by atoms with Crippen molar-refractivity contribution in [3.63, 3.8) is 0 Å². The average molecular weight is 283 g/mol. The maximum absolute atomic E-state index is 11.2. The van der Waals surface area contributed by atoms with Crippen LogP contribution in [0.5, 0.6) is 0 Å².